The van der Waals surface area contributed by atoms with E-state index in [1.807, 2.05) is 20.8 Å². The molecule has 0 bridgehead atoms. The molecule has 1 N–H and O–H groups in total. The van der Waals surface area contributed by atoms with Crippen LogP contribution in [0.4, 0.5) is 0 Å². The predicted molar refractivity (Wildman–Crippen MR) is 79.8 cm³/mol. The number of aryl methyl sites for hydroxylation is 1. The van der Waals surface area contributed by atoms with Crippen LogP contribution in [-0.4, -0.2) is 33.6 Å². The number of ether oxygens (including phenoxy) is 1. The van der Waals surface area contributed by atoms with Gasteiger partial charge in [-0.1, -0.05) is 13.8 Å². The van der Waals surface area contributed by atoms with Crippen molar-refractivity contribution in [3.05, 3.63) is 18.2 Å². The molecule has 21 heavy (non-hydrogen) atoms. The fourth-order valence-electron chi connectivity index (χ4n) is 1.95. The molecule has 0 saturated heterocycles. The normalized spacial score (nSPS) is 12.5. The lowest BCUT2D eigenvalue weighted by Gasteiger charge is -2.22. The summed E-state index contributed by atoms with van der Waals surface area (Å²) in [6.07, 6.45) is 3.36. The second-order valence-electron chi connectivity index (χ2n) is 5.60. The van der Waals surface area contributed by atoms with Gasteiger partial charge in [0, 0.05) is 25.0 Å². The molecule has 0 aliphatic rings. The van der Waals surface area contributed by atoms with Gasteiger partial charge < -0.3 is 14.6 Å². The summed E-state index contributed by atoms with van der Waals surface area (Å²) in [6.45, 7) is 10.1. The summed E-state index contributed by atoms with van der Waals surface area (Å²) in [7, 11) is 0. The van der Waals surface area contributed by atoms with E-state index in [4.69, 9.17) is 4.74 Å². The summed E-state index contributed by atoms with van der Waals surface area (Å²) >= 11 is 0. The van der Waals surface area contributed by atoms with Crippen LogP contribution < -0.4 is 5.32 Å². The topological polar surface area (TPSA) is 73.2 Å². The molecule has 0 aromatic carbocycles. The van der Waals surface area contributed by atoms with Gasteiger partial charge in [-0.05, 0) is 26.7 Å². The van der Waals surface area contributed by atoms with E-state index in [9.17, 15) is 9.59 Å². The molecule has 1 aromatic heterocycles. The van der Waals surface area contributed by atoms with Crippen LogP contribution in [0.3, 0.4) is 0 Å². The molecule has 6 heteroatoms. The lowest BCUT2D eigenvalue weighted by molar-refractivity contribution is -0.148. The molecule has 0 radical (unpaired) electrons. The fraction of sp³-hybridized carbons (Fsp3) is 0.667. The maximum atomic E-state index is 12.3. The molecule has 118 valence electrons. The van der Waals surface area contributed by atoms with Gasteiger partial charge in [0.05, 0.1) is 12.5 Å². The van der Waals surface area contributed by atoms with Crippen molar-refractivity contribution in [3.63, 3.8) is 0 Å². The quantitative estimate of drug-likeness (QED) is 0.781. The van der Waals surface area contributed by atoms with Crippen molar-refractivity contribution < 1.29 is 14.3 Å². The van der Waals surface area contributed by atoms with Crippen LogP contribution in [0, 0.1) is 5.92 Å². The average molecular weight is 295 g/mol. The summed E-state index contributed by atoms with van der Waals surface area (Å²) in [5.74, 6) is -0.0835. The molecule has 6 nitrogen and oxygen atoms in total. The van der Waals surface area contributed by atoms with E-state index in [2.05, 4.69) is 10.3 Å². The van der Waals surface area contributed by atoms with Crippen LogP contribution >= 0.6 is 0 Å². The third-order valence-electron chi connectivity index (χ3n) is 3.13. The molecule has 0 fully saturated rings. The summed E-state index contributed by atoms with van der Waals surface area (Å²) in [5, 5.41) is 2.87. The minimum atomic E-state index is -0.303. The molecular weight excluding hydrogens is 270 g/mol. The number of aromatic nitrogens is 2. The number of amides is 1. The van der Waals surface area contributed by atoms with Crippen molar-refractivity contribution in [2.45, 2.75) is 59.7 Å². The molecule has 1 rings (SSSR count). The number of carbonyl (C=O) groups is 2. The van der Waals surface area contributed by atoms with Gasteiger partial charge in [0.1, 0.15) is 0 Å². The highest BCUT2D eigenvalue weighted by atomic mass is 16.5. The zero-order chi connectivity index (χ0) is 16.0. The highest BCUT2D eigenvalue weighted by molar-refractivity contribution is 5.91. The Morgan fingerprint density at radius 1 is 1.33 bits per heavy atom. The number of nitrogens with one attached hydrogen (secondary N) is 1. The Hall–Kier alpha value is -1.85. The van der Waals surface area contributed by atoms with Crippen LogP contribution in [0.2, 0.25) is 0 Å². The summed E-state index contributed by atoms with van der Waals surface area (Å²) in [6, 6.07) is -0.272. The zero-order valence-corrected chi connectivity index (χ0v) is 13.4. The average Bonchev–Trinajstić information content (AvgIpc) is 2.84. The third kappa shape index (κ3) is 5.21. The van der Waals surface area contributed by atoms with Crippen LogP contribution in [0.25, 0.3) is 0 Å². The van der Waals surface area contributed by atoms with Crippen LogP contribution in [-0.2, 0) is 16.1 Å². The highest BCUT2D eigenvalue weighted by Gasteiger charge is 2.23. The number of carbonyl (C=O) groups excluding carboxylic acids is 2. The monoisotopic (exact) mass is 295 g/mol. The highest BCUT2D eigenvalue weighted by Crippen LogP contribution is 2.10. The van der Waals surface area contributed by atoms with Crippen LogP contribution in [0.15, 0.2) is 12.4 Å². The Morgan fingerprint density at radius 2 is 2.00 bits per heavy atom. The van der Waals surface area contributed by atoms with Crippen molar-refractivity contribution in [3.8, 4) is 0 Å². The Labute approximate surface area is 125 Å². The molecule has 0 aliphatic carbocycles. The first kappa shape index (κ1) is 17.2. The van der Waals surface area contributed by atoms with E-state index in [1.54, 1.807) is 30.8 Å². The molecule has 0 saturated carbocycles. The lowest BCUT2D eigenvalue weighted by Crippen LogP contribution is -2.41. The number of rotatable bonds is 7. The Balaban J connectivity index is 2.70. The zero-order valence-electron chi connectivity index (χ0n) is 13.4. The van der Waals surface area contributed by atoms with Crippen molar-refractivity contribution in [2.24, 2.45) is 5.92 Å². The fourth-order valence-corrected chi connectivity index (χ4v) is 1.95. The van der Waals surface area contributed by atoms with E-state index in [0.29, 0.717) is 12.4 Å². The first-order chi connectivity index (χ1) is 9.85. The van der Waals surface area contributed by atoms with Crippen molar-refractivity contribution in [1.82, 2.24) is 14.9 Å². The van der Waals surface area contributed by atoms with E-state index in [-0.39, 0.29) is 36.4 Å². The standard InChI is InChI=1S/C15H25N3O3/c1-6-18-8-7-16-14(18)15(20)17-12(10(2)3)9-13(19)21-11(4)5/h7-8,10-12H,6,9H2,1-5H3,(H,17,20). The second kappa shape index (κ2) is 7.81. The van der Waals surface area contributed by atoms with Gasteiger partial charge in [0.15, 0.2) is 5.82 Å². The number of imidazole rings is 1. The van der Waals surface area contributed by atoms with Crippen LogP contribution in [0.1, 0.15) is 51.7 Å². The van der Waals surface area contributed by atoms with Gasteiger partial charge >= 0.3 is 5.97 Å². The van der Waals surface area contributed by atoms with Gasteiger partial charge in [-0.2, -0.15) is 0 Å². The largest absolute Gasteiger partial charge is 0.463 e. The number of hydrogen-bond acceptors (Lipinski definition) is 4. The Bertz CT molecular complexity index is 480. The molecule has 1 aromatic rings. The van der Waals surface area contributed by atoms with E-state index in [1.165, 1.54) is 0 Å². The van der Waals surface area contributed by atoms with Gasteiger partial charge in [-0.15, -0.1) is 0 Å². The smallest absolute Gasteiger partial charge is 0.308 e. The van der Waals surface area contributed by atoms with Gasteiger partial charge in [0.25, 0.3) is 5.91 Å². The van der Waals surface area contributed by atoms with Crippen molar-refractivity contribution in [2.75, 3.05) is 0 Å². The van der Waals surface area contributed by atoms with E-state index in [0.717, 1.165) is 0 Å². The molecule has 0 aliphatic heterocycles. The second-order valence-corrected chi connectivity index (χ2v) is 5.60. The van der Waals surface area contributed by atoms with E-state index >= 15 is 0 Å². The summed E-state index contributed by atoms with van der Waals surface area (Å²) < 4.78 is 6.90. The first-order valence-electron chi connectivity index (χ1n) is 7.36. The third-order valence-corrected chi connectivity index (χ3v) is 3.13. The van der Waals surface area contributed by atoms with Gasteiger partial charge in [-0.3, -0.25) is 9.59 Å². The summed E-state index contributed by atoms with van der Waals surface area (Å²) in [4.78, 5) is 28.1. The lowest BCUT2D eigenvalue weighted by atomic mass is 10.0. The van der Waals surface area contributed by atoms with Crippen LogP contribution in [0.5, 0.6) is 0 Å². The van der Waals surface area contributed by atoms with E-state index < -0.39 is 0 Å². The molecule has 1 unspecified atom stereocenters. The van der Waals surface area contributed by atoms with Crippen molar-refractivity contribution >= 4 is 11.9 Å². The van der Waals surface area contributed by atoms with Gasteiger partial charge in [-0.25, -0.2) is 4.98 Å². The maximum Gasteiger partial charge on any atom is 0.308 e. The number of hydrogen-bond donors (Lipinski definition) is 1. The molecule has 0 spiro atoms. The minimum absolute atomic E-state index is 0.124. The SMILES string of the molecule is CCn1ccnc1C(=O)NC(CC(=O)OC(C)C)C(C)C. The number of esters is 1. The Morgan fingerprint density at radius 3 is 2.52 bits per heavy atom. The Kier molecular flexibility index (Phi) is 6.39. The molecule has 1 heterocycles. The predicted octanol–water partition coefficient (Wildman–Crippen LogP) is 2.00. The molecule has 1 atom stereocenters. The minimum Gasteiger partial charge on any atom is -0.463 e. The molecule has 1 amide bonds. The maximum absolute atomic E-state index is 12.3. The van der Waals surface area contributed by atoms with Crippen molar-refractivity contribution in [1.29, 1.82) is 0 Å². The summed E-state index contributed by atoms with van der Waals surface area (Å²) in [5.41, 5.74) is 0. The van der Waals surface area contributed by atoms with Gasteiger partial charge in [0.2, 0.25) is 0 Å². The molecular formula is C15H25N3O3. The number of nitrogens with zero attached hydrogens (tertiary/aromatic N) is 2. The first-order valence-corrected chi connectivity index (χ1v) is 7.36.